The van der Waals surface area contributed by atoms with Crippen molar-refractivity contribution in [2.75, 3.05) is 11.9 Å². The van der Waals surface area contributed by atoms with E-state index in [4.69, 9.17) is 5.73 Å². The zero-order valence-electron chi connectivity index (χ0n) is 19.1. The first-order chi connectivity index (χ1) is 15.8. The van der Waals surface area contributed by atoms with E-state index in [1.165, 1.54) is 0 Å². The van der Waals surface area contributed by atoms with Gasteiger partial charge in [0.1, 0.15) is 11.5 Å². The van der Waals surface area contributed by atoms with Crippen molar-refractivity contribution in [3.63, 3.8) is 0 Å². The van der Waals surface area contributed by atoms with Crippen molar-refractivity contribution in [2.24, 2.45) is 5.73 Å². The van der Waals surface area contributed by atoms with Crippen LogP contribution >= 0.6 is 0 Å². The summed E-state index contributed by atoms with van der Waals surface area (Å²) in [5, 5.41) is 26.1. The molecule has 1 amide bonds. The summed E-state index contributed by atoms with van der Waals surface area (Å²) in [7, 11) is 0. The van der Waals surface area contributed by atoms with Gasteiger partial charge in [0.2, 0.25) is 5.91 Å². The van der Waals surface area contributed by atoms with E-state index in [9.17, 15) is 15.0 Å². The van der Waals surface area contributed by atoms with Crippen molar-refractivity contribution < 1.29 is 15.0 Å². The number of rotatable bonds is 6. The first-order valence-electron chi connectivity index (χ1n) is 11.3. The van der Waals surface area contributed by atoms with Crippen molar-refractivity contribution in [3.05, 3.63) is 88.0 Å². The molecule has 0 bridgehead atoms. The molecule has 3 aromatic carbocycles. The first-order valence-corrected chi connectivity index (χ1v) is 11.3. The Hall–Kier alpha value is -3.51. The van der Waals surface area contributed by atoms with Crippen LogP contribution in [0.25, 0.3) is 0 Å². The molecular weight excluding hydrogens is 414 g/mol. The number of carbonyl (C=O) groups is 1. The smallest absolute Gasteiger partial charge is 0.237 e. The molecule has 33 heavy (non-hydrogen) atoms. The monoisotopic (exact) mass is 445 g/mol. The second-order valence-corrected chi connectivity index (χ2v) is 8.91. The number of aryl methyl sites for hydroxylation is 2. The van der Waals surface area contributed by atoms with Crippen LogP contribution in [0.2, 0.25) is 0 Å². The van der Waals surface area contributed by atoms with E-state index in [0.717, 1.165) is 52.0 Å². The van der Waals surface area contributed by atoms with Gasteiger partial charge in [0.05, 0.1) is 12.1 Å². The van der Waals surface area contributed by atoms with Crippen LogP contribution in [0.5, 0.6) is 11.5 Å². The number of hydrogen-bond donors (Lipinski definition) is 5. The second kappa shape index (κ2) is 9.55. The molecule has 172 valence electrons. The largest absolute Gasteiger partial charge is 0.508 e. The lowest BCUT2D eigenvalue weighted by atomic mass is 9.92. The highest BCUT2D eigenvalue weighted by Gasteiger charge is 2.25. The molecule has 0 fully saturated rings. The molecule has 0 spiro atoms. The fourth-order valence-corrected chi connectivity index (χ4v) is 4.61. The summed E-state index contributed by atoms with van der Waals surface area (Å²) < 4.78 is 0. The summed E-state index contributed by atoms with van der Waals surface area (Å²) in [5.41, 5.74) is 13.4. The minimum Gasteiger partial charge on any atom is -0.508 e. The highest BCUT2D eigenvalue weighted by molar-refractivity contribution is 5.82. The normalized spacial score (nSPS) is 15.9. The van der Waals surface area contributed by atoms with Crippen LogP contribution in [0, 0.1) is 13.8 Å². The van der Waals surface area contributed by atoms with Gasteiger partial charge in [0.25, 0.3) is 0 Å². The third kappa shape index (κ3) is 5.29. The molecule has 0 radical (unpaired) electrons. The van der Waals surface area contributed by atoms with Crippen molar-refractivity contribution >= 4 is 11.6 Å². The molecule has 4 rings (SSSR count). The van der Waals surface area contributed by atoms with Gasteiger partial charge in [-0.05, 0) is 96.8 Å². The quantitative estimate of drug-likeness (QED) is 0.396. The Kier molecular flexibility index (Phi) is 6.56. The van der Waals surface area contributed by atoms with Crippen LogP contribution in [0.4, 0.5) is 5.69 Å². The molecule has 6 N–H and O–H groups in total. The Balaban J connectivity index is 1.48. The van der Waals surface area contributed by atoms with Crippen LogP contribution in [-0.4, -0.2) is 28.7 Å². The number of phenolic OH excluding ortho intramolecular Hbond substituents is 2. The fourth-order valence-electron chi connectivity index (χ4n) is 4.61. The summed E-state index contributed by atoms with van der Waals surface area (Å²) in [6.45, 7) is 4.61. The van der Waals surface area contributed by atoms with Crippen molar-refractivity contribution in [1.82, 2.24) is 5.32 Å². The Labute approximate surface area is 194 Å². The topological polar surface area (TPSA) is 108 Å². The lowest BCUT2D eigenvalue weighted by Gasteiger charge is -2.29. The van der Waals surface area contributed by atoms with Crippen LogP contribution in [0.15, 0.2) is 54.6 Å². The van der Waals surface area contributed by atoms with E-state index in [-0.39, 0.29) is 23.4 Å². The fraction of sp³-hybridized carbons (Fsp3) is 0.296. The number of amides is 1. The van der Waals surface area contributed by atoms with Crippen LogP contribution in [0.1, 0.15) is 45.8 Å². The zero-order chi connectivity index (χ0) is 23.5. The van der Waals surface area contributed by atoms with E-state index in [2.05, 4.69) is 28.8 Å². The first kappa shape index (κ1) is 22.7. The summed E-state index contributed by atoms with van der Waals surface area (Å²) >= 11 is 0. The maximum atomic E-state index is 13.0. The molecule has 6 heteroatoms. The number of aromatic hydroxyl groups is 2. The van der Waals surface area contributed by atoms with Gasteiger partial charge < -0.3 is 26.6 Å². The van der Waals surface area contributed by atoms with Crippen molar-refractivity contribution in [2.45, 2.75) is 45.2 Å². The van der Waals surface area contributed by atoms with Gasteiger partial charge in [0.15, 0.2) is 0 Å². The Morgan fingerprint density at radius 1 is 1.06 bits per heavy atom. The van der Waals surface area contributed by atoms with E-state index in [1.807, 2.05) is 26.0 Å². The molecule has 0 aliphatic carbocycles. The number of nitrogens with two attached hydrogens (primary N) is 1. The number of anilines is 1. The number of hydrogen-bond acceptors (Lipinski definition) is 5. The average Bonchev–Trinajstić information content (AvgIpc) is 2.76. The van der Waals surface area contributed by atoms with E-state index in [0.29, 0.717) is 12.8 Å². The maximum Gasteiger partial charge on any atom is 0.237 e. The summed E-state index contributed by atoms with van der Waals surface area (Å²) in [4.78, 5) is 13.0. The predicted octanol–water partition coefficient (Wildman–Crippen LogP) is 3.85. The van der Waals surface area contributed by atoms with Crippen molar-refractivity contribution in [1.29, 1.82) is 0 Å². The number of phenols is 2. The Morgan fingerprint density at radius 2 is 1.79 bits per heavy atom. The molecule has 2 unspecified atom stereocenters. The minimum atomic E-state index is -0.680. The number of carbonyl (C=O) groups excluding carboxylic acids is 1. The maximum absolute atomic E-state index is 13.0. The number of fused-ring (bicyclic) bond motifs is 1. The average molecular weight is 446 g/mol. The molecule has 2 atom stereocenters. The number of nitrogens with one attached hydrogen (secondary N) is 2. The van der Waals surface area contributed by atoms with Gasteiger partial charge in [0, 0.05) is 12.2 Å². The lowest BCUT2D eigenvalue weighted by molar-refractivity contribution is -0.123. The molecule has 1 aliphatic heterocycles. The van der Waals surface area contributed by atoms with Crippen LogP contribution in [-0.2, 0) is 17.6 Å². The van der Waals surface area contributed by atoms with Gasteiger partial charge >= 0.3 is 0 Å². The van der Waals surface area contributed by atoms with E-state index in [1.54, 1.807) is 24.3 Å². The highest BCUT2D eigenvalue weighted by atomic mass is 16.3. The minimum absolute atomic E-state index is 0.120. The highest BCUT2D eigenvalue weighted by Crippen LogP contribution is 2.32. The van der Waals surface area contributed by atoms with E-state index >= 15 is 0 Å². The second-order valence-electron chi connectivity index (χ2n) is 8.91. The van der Waals surface area contributed by atoms with Crippen LogP contribution < -0.4 is 16.4 Å². The van der Waals surface area contributed by atoms with Crippen molar-refractivity contribution in [3.8, 4) is 11.5 Å². The standard InChI is InChI=1S/C27H31N3O3/c1-16-10-21(32)11-17(2)22(16)15-24(28)27(33)30-26-8-9-29-25-7-6-19(14-23(25)26)12-18-4-3-5-20(31)13-18/h3-7,10-11,13-14,24,26,29,31-32H,8-9,12,15,28H2,1-2H3,(H,30,33). The van der Waals surface area contributed by atoms with Gasteiger partial charge in [-0.3, -0.25) is 4.79 Å². The number of benzene rings is 3. The van der Waals surface area contributed by atoms with Crippen LogP contribution in [0.3, 0.4) is 0 Å². The lowest BCUT2D eigenvalue weighted by Crippen LogP contribution is -2.44. The predicted molar refractivity (Wildman–Crippen MR) is 131 cm³/mol. The Morgan fingerprint density at radius 3 is 2.52 bits per heavy atom. The molecule has 0 saturated heterocycles. The summed E-state index contributed by atoms with van der Waals surface area (Å²) in [6, 6.07) is 16.1. The summed E-state index contributed by atoms with van der Waals surface area (Å²) in [5.74, 6) is 0.295. The summed E-state index contributed by atoms with van der Waals surface area (Å²) in [6.07, 6.45) is 1.89. The molecular formula is C27H31N3O3. The Bertz CT molecular complexity index is 1150. The van der Waals surface area contributed by atoms with E-state index < -0.39 is 6.04 Å². The molecule has 0 saturated carbocycles. The molecule has 1 heterocycles. The van der Waals surface area contributed by atoms with Gasteiger partial charge in [-0.25, -0.2) is 0 Å². The third-order valence-corrected chi connectivity index (χ3v) is 6.32. The molecule has 1 aliphatic rings. The molecule has 3 aromatic rings. The molecule has 6 nitrogen and oxygen atoms in total. The van der Waals surface area contributed by atoms with Gasteiger partial charge in [-0.2, -0.15) is 0 Å². The van der Waals surface area contributed by atoms with Gasteiger partial charge in [-0.1, -0.05) is 24.3 Å². The zero-order valence-corrected chi connectivity index (χ0v) is 19.1. The van der Waals surface area contributed by atoms with Gasteiger partial charge in [-0.15, -0.1) is 0 Å². The molecule has 0 aromatic heterocycles. The third-order valence-electron chi connectivity index (χ3n) is 6.32. The SMILES string of the molecule is Cc1cc(O)cc(C)c1CC(N)C(=O)NC1CCNc2ccc(Cc3cccc(O)c3)cc21.